The van der Waals surface area contributed by atoms with Crippen molar-refractivity contribution in [3.63, 3.8) is 0 Å². The Kier molecular flexibility index (Phi) is 7.77. The molecule has 1 amide bonds. The second-order valence-electron chi connectivity index (χ2n) is 10.2. The van der Waals surface area contributed by atoms with Crippen molar-refractivity contribution < 1.29 is 32.7 Å². The fraction of sp³-hybridized carbons (Fsp3) is 0.542. The van der Waals surface area contributed by atoms with Crippen LogP contribution in [0.2, 0.25) is 15.2 Å². The lowest BCUT2D eigenvalue weighted by molar-refractivity contribution is -0.189. The largest absolute Gasteiger partial charge is 0.481 e. The molecule has 0 aliphatic heterocycles. The fourth-order valence-electron chi connectivity index (χ4n) is 4.79. The number of amides is 1. The molecule has 2 aromatic rings. The van der Waals surface area contributed by atoms with E-state index in [0.717, 1.165) is 11.1 Å². The first kappa shape index (κ1) is 28.6. The van der Waals surface area contributed by atoms with Gasteiger partial charge in [0, 0.05) is 18.9 Å². The van der Waals surface area contributed by atoms with Gasteiger partial charge in [0.05, 0.1) is 50.8 Å². The summed E-state index contributed by atoms with van der Waals surface area (Å²) < 4.78 is 42.8. The van der Waals surface area contributed by atoms with Crippen LogP contribution in [0.1, 0.15) is 72.2 Å². The topological polar surface area (TPSA) is 105 Å². The highest BCUT2D eigenvalue weighted by molar-refractivity contribution is 6.39. The lowest BCUT2D eigenvalue weighted by Crippen LogP contribution is -2.44. The second kappa shape index (κ2) is 10.3. The highest BCUT2D eigenvalue weighted by Crippen LogP contribution is 2.58. The van der Waals surface area contributed by atoms with E-state index in [2.05, 4.69) is 10.1 Å². The first-order chi connectivity index (χ1) is 17.7. The molecule has 0 unspecified atom stereocenters. The fourth-order valence-corrected chi connectivity index (χ4v) is 5.68. The number of aliphatic carboxylic acids is 1. The van der Waals surface area contributed by atoms with E-state index in [1.807, 2.05) is 0 Å². The summed E-state index contributed by atoms with van der Waals surface area (Å²) in [5.74, 6) is -2.54. The van der Waals surface area contributed by atoms with Gasteiger partial charge in [0.25, 0.3) is 5.91 Å². The molecule has 2 heterocycles. The number of alkyl halides is 3. The summed E-state index contributed by atoms with van der Waals surface area (Å²) in [6.07, 6.45) is 0.192. The van der Waals surface area contributed by atoms with Gasteiger partial charge in [-0.05, 0) is 45.4 Å². The smallest absolute Gasteiger partial charge is 0.396 e. The first-order valence-electron chi connectivity index (χ1n) is 11.8. The van der Waals surface area contributed by atoms with Gasteiger partial charge in [0.1, 0.15) is 5.15 Å². The lowest BCUT2D eigenvalue weighted by Gasteiger charge is -2.34. The number of carboxylic acids is 1. The van der Waals surface area contributed by atoms with Gasteiger partial charge in [-0.1, -0.05) is 34.8 Å². The molecular weight excluding hydrogens is 572 g/mol. The number of carboxylic acid groups (broad SMARTS) is 1. The predicted octanol–water partition coefficient (Wildman–Crippen LogP) is 6.11. The molecule has 2 saturated carbocycles. The second-order valence-corrected chi connectivity index (χ2v) is 11.4. The van der Waals surface area contributed by atoms with Crippen molar-refractivity contribution in [1.29, 1.82) is 0 Å². The number of ketones is 1. The van der Waals surface area contributed by atoms with Crippen LogP contribution >= 0.6 is 34.8 Å². The molecule has 0 aromatic carbocycles. The number of carbonyl (C=O) groups is 3. The van der Waals surface area contributed by atoms with E-state index in [4.69, 9.17) is 34.8 Å². The third-order valence-corrected chi connectivity index (χ3v) is 8.54. The Morgan fingerprint density at radius 2 is 1.66 bits per heavy atom. The van der Waals surface area contributed by atoms with E-state index < -0.39 is 47.8 Å². The number of Topliss-reactive ketones (excluding diaryl/α,β-unsaturated/α-hetero) is 1. The van der Waals surface area contributed by atoms with Crippen molar-refractivity contribution in [2.24, 2.45) is 10.8 Å². The van der Waals surface area contributed by atoms with Crippen molar-refractivity contribution in [1.82, 2.24) is 19.7 Å². The summed E-state index contributed by atoms with van der Waals surface area (Å²) in [5, 5.41) is 13.4. The van der Waals surface area contributed by atoms with Gasteiger partial charge in [0.15, 0.2) is 5.78 Å². The molecule has 1 N–H and O–H groups in total. The monoisotopic (exact) mass is 594 g/mol. The summed E-state index contributed by atoms with van der Waals surface area (Å²) in [6.45, 7) is 0.196. The summed E-state index contributed by atoms with van der Waals surface area (Å²) >= 11 is 18.6. The number of rotatable bonds is 8. The van der Waals surface area contributed by atoms with Crippen LogP contribution in [0.3, 0.4) is 0 Å². The van der Waals surface area contributed by atoms with Gasteiger partial charge in [-0.2, -0.15) is 18.3 Å². The SMILES string of the molecule is C[C@]1(C(=O)O)CC[C@H](n2ncc(C(=O)N(CC(=O)c3c(Cl)cncc3Cl)CC3(C(F)(F)F)CC3)c2Cl)CC1. The Labute approximate surface area is 231 Å². The molecule has 0 spiro atoms. The minimum atomic E-state index is -4.58. The lowest BCUT2D eigenvalue weighted by atomic mass is 9.74. The molecule has 206 valence electrons. The standard InChI is InChI=1S/C24H24Cl3F3N4O4/c1-22(21(37)38)4-2-13(3-5-22)34-19(27)14(8-32-34)20(36)33(12-23(6-7-23)24(28,29)30)11-17(35)18-15(25)9-31-10-16(18)26/h8-10,13H,2-7,11-12H2,1H3,(H,37,38)/t13-,22-. The molecule has 38 heavy (non-hydrogen) atoms. The van der Waals surface area contributed by atoms with Crippen molar-refractivity contribution in [2.45, 2.75) is 57.7 Å². The molecule has 14 heteroatoms. The minimum Gasteiger partial charge on any atom is -0.481 e. The highest BCUT2D eigenvalue weighted by atomic mass is 35.5. The van der Waals surface area contributed by atoms with Crippen LogP contribution in [0.4, 0.5) is 13.2 Å². The van der Waals surface area contributed by atoms with Gasteiger partial charge in [0.2, 0.25) is 0 Å². The molecule has 0 saturated heterocycles. The molecule has 2 aromatic heterocycles. The maximum absolute atomic E-state index is 13.8. The Morgan fingerprint density at radius 3 is 2.16 bits per heavy atom. The molecule has 0 bridgehead atoms. The average Bonchev–Trinajstić information content (AvgIpc) is 3.53. The van der Waals surface area contributed by atoms with Gasteiger partial charge in [-0.15, -0.1) is 0 Å². The Morgan fingerprint density at radius 1 is 1.08 bits per heavy atom. The number of nitrogens with zero attached hydrogens (tertiary/aromatic N) is 4. The van der Waals surface area contributed by atoms with Gasteiger partial charge < -0.3 is 10.0 Å². The summed E-state index contributed by atoms with van der Waals surface area (Å²) in [6, 6.07) is -0.286. The van der Waals surface area contributed by atoms with E-state index in [1.165, 1.54) is 17.1 Å². The Hall–Kier alpha value is -2.37. The van der Waals surface area contributed by atoms with E-state index in [1.54, 1.807) is 6.92 Å². The quantitative estimate of drug-likeness (QED) is 0.369. The molecule has 0 radical (unpaired) electrons. The van der Waals surface area contributed by atoms with Gasteiger partial charge in [-0.3, -0.25) is 24.0 Å². The normalized spacial score (nSPS) is 22.7. The van der Waals surface area contributed by atoms with Crippen molar-refractivity contribution in [2.75, 3.05) is 13.1 Å². The van der Waals surface area contributed by atoms with Crippen LogP contribution in [0, 0.1) is 10.8 Å². The number of hydrogen-bond donors (Lipinski definition) is 1. The molecule has 2 aliphatic carbocycles. The van der Waals surface area contributed by atoms with Gasteiger partial charge >= 0.3 is 12.1 Å². The number of carbonyl (C=O) groups excluding carboxylic acids is 2. The molecule has 8 nitrogen and oxygen atoms in total. The van der Waals surface area contributed by atoms with Crippen LogP contribution in [-0.4, -0.2) is 61.7 Å². The minimum absolute atomic E-state index is 0.0896. The number of hydrogen-bond acceptors (Lipinski definition) is 5. The van der Waals surface area contributed by atoms with Crippen LogP contribution in [-0.2, 0) is 4.79 Å². The van der Waals surface area contributed by atoms with E-state index in [9.17, 15) is 32.7 Å². The van der Waals surface area contributed by atoms with Crippen LogP contribution in [0.5, 0.6) is 0 Å². The van der Waals surface area contributed by atoms with Crippen LogP contribution in [0.15, 0.2) is 18.6 Å². The van der Waals surface area contributed by atoms with E-state index >= 15 is 0 Å². The third kappa shape index (κ3) is 5.37. The highest BCUT2D eigenvalue weighted by Gasteiger charge is 2.64. The predicted molar refractivity (Wildman–Crippen MR) is 133 cm³/mol. The van der Waals surface area contributed by atoms with E-state index in [0.29, 0.717) is 25.7 Å². The maximum Gasteiger partial charge on any atom is 0.396 e. The van der Waals surface area contributed by atoms with Gasteiger partial charge in [-0.25, -0.2) is 0 Å². The molecular formula is C24H24Cl3F3N4O4. The summed E-state index contributed by atoms with van der Waals surface area (Å²) in [7, 11) is 0. The molecule has 4 rings (SSSR count). The number of halogens is 6. The Balaban J connectivity index is 1.60. The zero-order valence-electron chi connectivity index (χ0n) is 20.2. The maximum atomic E-state index is 13.8. The number of pyridine rings is 1. The molecule has 2 aliphatic rings. The van der Waals surface area contributed by atoms with Crippen LogP contribution < -0.4 is 0 Å². The number of aromatic nitrogens is 3. The van der Waals surface area contributed by atoms with Crippen molar-refractivity contribution >= 4 is 52.5 Å². The third-order valence-electron chi connectivity index (χ3n) is 7.59. The average molecular weight is 596 g/mol. The summed E-state index contributed by atoms with van der Waals surface area (Å²) in [5.41, 5.74) is -3.31. The van der Waals surface area contributed by atoms with Crippen LogP contribution in [0.25, 0.3) is 0 Å². The van der Waals surface area contributed by atoms with Crippen molar-refractivity contribution in [3.05, 3.63) is 44.9 Å². The molecule has 2 fully saturated rings. The Bertz CT molecular complexity index is 1250. The van der Waals surface area contributed by atoms with E-state index in [-0.39, 0.29) is 45.2 Å². The molecule has 0 atom stereocenters. The zero-order valence-corrected chi connectivity index (χ0v) is 22.5. The van der Waals surface area contributed by atoms with Crippen molar-refractivity contribution in [3.8, 4) is 0 Å². The summed E-state index contributed by atoms with van der Waals surface area (Å²) in [4.78, 5) is 42.7. The zero-order chi connectivity index (χ0) is 28.0. The first-order valence-corrected chi connectivity index (χ1v) is 13.0.